The number of carbonyl (C=O) groups is 1. The summed E-state index contributed by atoms with van der Waals surface area (Å²) in [7, 11) is 0. The third kappa shape index (κ3) is 4.76. The molecule has 0 spiro atoms. The number of allylic oxidation sites excluding steroid dienone is 1. The lowest BCUT2D eigenvalue weighted by Gasteiger charge is -2.25. The van der Waals surface area contributed by atoms with Crippen LogP contribution in [0.1, 0.15) is 24.1 Å². The second-order valence-electron chi connectivity index (χ2n) is 9.02. The zero-order valence-electron chi connectivity index (χ0n) is 20.8. The lowest BCUT2D eigenvalue weighted by Crippen LogP contribution is -2.40. The quantitative estimate of drug-likeness (QED) is 0.325. The van der Waals surface area contributed by atoms with Gasteiger partial charge in [0.1, 0.15) is 0 Å². The lowest BCUT2D eigenvalue weighted by atomic mass is 9.95. The molecule has 1 aliphatic heterocycles. The number of hydrogen-bond acceptors (Lipinski definition) is 5. The highest BCUT2D eigenvalue weighted by Gasteiger charge is 2.32. The van der Waals surface area contributed by atoms with Crippen LogP contribution in [-0.4, -0.2) is 20.7 Å². The predicted molar refractivity (Wildman–Crippen MR) is 154 cm³/mol. The normalized spacial score (nSPS) is 15.1. The fraction of sp³-hybridized carbons (Fsp3) is 0.0667. The van der Waals surface area contributed by atoms with Gasteiger partial charge in [0.15, 0.2) is 4.80 Å². The Kier molecular flexibility index (Phi) is 6.56. The number of halogens is 1. The molecule has 0 radical (unpaired) electrons. The number of H-pyrrole nitrogens is 1. The van der Waals surface area contributed by atoms with Crippen molar-refractivity contribution in [3.63, 3.8) is 0 Å². The smallest absolute Gasteiger partial charge is 0.271 e. The third-order valence-electron chi connectivity index (χ3n) is 6.50. The maximum Gasteiger partial charge on any atom is 0.271 e. The van der Waals surface area contributed by atoms with Crippen molar-refractivity contribution in [2.45, 2.75) is 13.0 Å². The van der Waals surface area contributed by atoms with E-state index < -0.39 is 6.04 Å². The van der Waals surface area contributed by atoms with Crippen LogP contribution in [0, 0.1) is 0 Å². The van der Waals surface area contributed by atoms with Gasteiger partial charge in [-0.15, -0.1) is 0 Å². The molecule has 2 aromatic heterocycles. The van der Waals surface area contributed by atoms with Crippen LogP contribution < -0.4 is 20.2 Å². The van der Waals surface area contributed by atoms with Crippen molar-refractivity contribution in [3.8, 4) is 11.3 Å². The second kappa shape index (κ2) is 10.3. The van der Waals surface area contributed by atoms with E-state index in [0.29, 0.717) is 31.3 Å². The first kappa shape index (κ1) is 24.8. The van der Waals surface area contributed by atoms with Gasteiger partial charge in [-0.05, 0) is 42.8 Å². The Morgan fingerprint density at radius 2 is 1.72 bits per heavy atom. The SMILES string of the molecule is CC1=C(C(=O)Nc2ccccc2)C(c2ccc(Cl)cc2)n2c(s/c(=C/c3cn[nH]c3-c3ccccc3)c2=O)=N1. The van der Waals surface area contributed by atoms with Gasteiger partial charge in [0.05, 0.1) is 33.7 Å². The van der Waals surface area contributed by atoms with Crippen molar-refractivity contribution in [2.24, 2.45) is 4.99 Å². The van der Waals surface area contributed by atoms with E-state index in [1.54, 1.807) is 29.8 Å². The van der Waals surface area contributed by atoms with E-state index in [9.17, 15) is 9.59 Å². The van der Waals surface area contributed by atoms with Crippen molar-refractivity contribution in [3.05, 3.63) is 138 Å². The Balaban J connectivity index is 1.50. The number of fused-ring (bicyclic) bond motifs is 1. The van der Waals surface area contributed by atoms with Gasteiger partial charge in [-0.25, -0.2) is 4.99 Å². The van der Waals surface area contributed by atoms with Crippen LogP contribution in [0.2, 0.25) is 5.02 Å². The number of aromatic amines is 1. The number of rotatable bonds is 5. The zero-order chi connectivity index (χ0) is 26.9. The highest BCUT2D eigenvalue weighted by atomic mass is 35.5. The van der Waals surface area contributed by atoms with Gasteiger partial charge in [-0.3, -0.25) is 19.3 Å². The van der Waals surface area contributed by atoms with Gasteiger partial charge < -0.3 is 5.32 Å². The number of anilines is 1. The maximum atomic E-state index is 13.9. The molecular formula is C30H22ClN5O2S. The molecule has 3 aromatic carbocycles. The van der Waals surface area contributed by atoms with Gasteiger partial charge >= 0.3 is 0 Å². The average molecular weight is 552 g/mol. The molecule has 6 rings (SSSR count). The molecule has 1 aliphatic rings. The lowest BCUT2D eigenvalue weighted by molar-refractivity contribution is -0.113. The molecule has 2 N–H and O–H groups in total. The molecule has 192 valence electrons. The van der Waals surface area contributed by atoms with Crippen molar-refractivity contribution in [1.82, 2.24) is 14.8 Å². The number of para-hydroxylation sites is 1. The third-order valence-corrected chi connectivity index (χ3v) is 7.74. The van der Waals surface area contributed by atoms with Crippen molar-refractivity contribution < 1.29 is 4.79 Å². The molecule has 3 heterocycles. The Labute approximate surface area is 232 Å². The molecule has 0 aliphatic carbocycles. The Hall–Kier alpha value is -4.53. The van der Waals surface area contributed by atoms with Gasteiger partial charge in [-0.2, -0.15) is 5.10 Å². The fourth-order valence-corrected chi connectivity index (χ4v) is 5.84. The number of carbonyl (C=O) groups excluding carboxylic acids is 1. The summed E-state index contributed by atoms with van der Waals surface area (Å²) in [6, 6.07) is 25.5. The molecular weight excluding hydrogens is 530 g/mol. The predicted octanol–water partition coefficient (Wildman–Crippen LogP) is 4.92. The average Bonchev–Trinajstić information content (AvgIpc) is 3.53. The molecule has 9 heteroatoms. The number of nitrogens with one attached hydrogen (secondary N) is 2. The van der Waals surface area contributed by atoms with Crippen LogP contribution in [-0.2, 0) is 4.79 Å². The van der Waals surface area contributed by atoms with Gasteiger partial charge in [0.25, 0.3) is 11.5 Å². The fourth-order valence-electron chi connectivity index (χ4n) is 4.67. The van der Waals surface area contributed by atoms with Crippen LogP contribution >= 0.6 is 22.9 Å². The Morgan fingerprint density at radius 3 is 2.44 bits per heavy atom. The van der Waals surface area contributed by atoms with Crippen LogP contribution in [0.5, 0.6) is 0 Å². The number of nitrogens with zero attached hydrogens (tertiary/aromatic N) is 3. The topological polar surface area (TPSA) is 92.1 Å². The number of amides is 1. The standard InChI is InChI=1S/C30H22ClN5O2S/c1-18-25(28(37)34-23-10-6-3-7-11-23)27(20-12-14-22(31)15-13-20)36-29(38)24(39-30(36)33-18)16-21-17-32-35-26(21)19-8-4-2-5-9-19/h2-17,27H,1H3,(H,32,35)(H,34,37)/b24-16+. The van der Waals surface area contributed by atoms with Crippen molar-refractivity contribution >= 4 is 40.6 Å². The van der Waals surface area contributed by atoms with Crippen molar-refractivity contribution in [2.75, 3.05) is 5.32 Å². The molecule has 7 nitrogen and oxygen atoms in total. The molecule has 0 bridgehead atoms. The van der Waals surface area contributed by atoms with E-state index >= 15 is 0 Å². The van der Waals surface area contributed by atoms with Crippen LogP contribution in [0.25, 0.3) is 17.3 Å². The van der Waals surface area contributed by atoms with E-state index in [1.807, 2.05) is 78.9 Å². The van der Waals surface area contributed by atoms with Gasteiger partial charge in [0.2, 0.25) is 0 Å². The minimum Gasteiger partial charge on any atom is -0.322 e. The van der Waals surface area contributed by atoms with E-state index in [2.05, 4.69) is 15.5 Å². The molecule has 39 heavy (non-hydrogen) atoms. The van der Waals surface area contributed by atoms with Crippen LogP contribution in [0.3, 0.4) is 0 Å². The summed E-state index contributed by atoms with van der Waals surface area (Å²) >= 11 is 7.46. The molecule has 1 unspecified atom stereocenters. The molecule has 1 amide bonds. The number of aromatic nitrogens is 3. The maximum absolute atomic E-state index is 13.9. The van der Waals surface area contributed by atoms with Crippen LogP contribution in [0.15, 0.2) is 112 Å². The Bertz CT molecular complexity index is 1890. The monoisotopic (exact) mass is 551 g/mol. The first-order valence-corrected chi connectivity index (χ1v) is 13.4. The summed E-state index contributed by atoms with van der Waals surface area (Å²) in [6.45, 7) is 1.80. The zero-order valence-corrected chi connectivity index (χ0v) is 22.3. The number of benzene rings is 3. The minimum atomic E-state index is -0.678. The first-order valence-electron chi connectivity index (χ1n) is 12.2. The van der Waals surface area contributed by atoms with Crippen molar-refractivity contribution in [1.29, 1.82) is 0 Å². The number of hydrogen-bond donors (Lipinski definition) is 2. The molecule has 5 aromatic rings. The summed E-state index contributed by atoms with van der Waals surface area (Å²) in [5, 5.41) is 10.8. The highest BCUT2D eigenvalue weighted by molar-refractivity contribution is 7.07. The van der Waals surface area contributed by atoms with Gasteiger partial charge in [-0.1, -0.05) is 83.6 Å². The minimum absolute atomic E-state index is 0.239. The van der Waals surface area contributed by atoms with Crippen LogP contribution in [0.4, 0.5) is 5.69 Å². The summed E-state index contributed by atoms with van der Waals surface area (Å²) in [6.07, 6.45) is 3.51. The summed E-state index contributed by atoms with van der Waals surface area (Å²) < 4.78 is 2.08. The van der Waals surface area contributed by atoms with Gasteiger partial charge in [0, 0.05) is 21.8 Å². The molecule has 0 saturated heterocycles. The van der Waals surface area contributed by atoms with E-state index in [0.717, 1.165) is 22.4 Å². The largest absolute Gasteiger partial charge is 0.322 e. The van der Waals surface area contributed by atoms with E-state index in [4.69, 9.17) is 16.6 Å². The van der Waals surface area contributed by atoms with E-state index in [-0.39, 0.29) is 11.5 Å². The summed E-state index contributed by atoms with van der Waals surface area (Å²) in [4.78, 5) is 32.8. The molecule has 0 saturated carbocycles. The summed E-state index contributed by atoms with van der Waals surface area (Å²) in [5.41, 5.74) is 4.68. The molecule has 1 atom stereocenters. The number of thiazole rings is 1. The Morgan fingerprint density at radius 1 is 1.03 bits per heavy atom. The summed E-state index contributed by atoms with van der Waals surface area (Å²) in [5.74, 6) is -0.321. The highest BCUT2D eigenvalue weighted by Crippen LogP contribution is 2.31. The van der Waals surface area contributed by atoms with E-state index in [1.165, 1.54) is 11.3 Å². The second-order valence-corrected chi connectivity index (χ2v) is 10.5. The first-order chi connectivity index (χ1) is 19.0. The molecule has 0 fully saturated rings.